The topological polar surface area (TPSA) is 95.9 Å². The monoisotopic (exact) mass is 177 g/mol. The van der Waals surface area contributed by atoms with Crippen molar-refractivity contribution in [1.29, 1.82) is 0 Å². The van der Waals surface area contributed by atoms with Crippen molar-refractivity contribution in [3.63, 3.8) is 0 Å². The number of aliphatic hydroxyl groups excluding tert-OH is 3. The summed E-state index contributed by atoms with van der Waals surface area (Å²) in [5.74, 6) is 0. The summed E-state index contributed by atoms with van der Waals surface area (Å²) >= 11 is 0. The first-order chi connectivity index (χ1) is 5.57. The molecule has 0 aromatic carbocycles. The van der Waals surface area contributed by atoms with Crippen molar-refractivity contribution in [2.75, 3.05) is 6.61 Å². The van der Waals surface area contributed by atoms with Gasteiger partial charge >= 0.3 is 0 Å². The quantitative estimate of drug-likeness (QED) is 0.365. The summed E-state index contributed by atoms with van der Waals surface area (Å²) in [6.45, 7) is 1.39. The highest BCUT2D eigenvalue weighted by Crippen LogP contribution is 2.18. The lowest BCUT2D eigenvalue weighted by atomic mass is 9.94. The molecule has 0 spiro atoms. The van der Waals surface area contributed by atoms with E-state index in [1.807, 2.05) is 0 Å². The third kappa shape index (κ3) is 1.60. The largest absolute Gasteiger partial charge is 0.394 e. The minimum absolute atomic E-state index is 0.310. The van der Waals surface area contributed by atoms with E-state index in [1.54, 1.807) is 6.92 Å². The summed E-state index contributed by atoms with van der Waals surface area (Å²) in [7, 11) is 0. The molecule has 1 aliphatic rings. The standard InChI is InChI=1S/C7H15NO4/c1-3-5(8)7(11)6(10)4(2-9)12-3/h3-7,9-11H,2,8H2,1H3/t3-,4+,5?,6?,7?/m0/s1. The fourth-order valence-corrected chi connectivity index (χ4v) is 1.32. The third-order valence-electron chi connectivity index (χ3n) is 2.24. The van der Waals surface area contributed by atoms with Crippen LogP contribution in [0.15, 0.2) is 0 Å². The van der Waals surface area contributed by atoms with Gasteiger partial charge in [-0.05, 0) is 6.92 Å². The zero-order valence-electron chi connectivity index (χ0n) is 6.92. The molecular weight excluding hydrogens is 162 g/mol. The molecule has 0 bridgehead atoms. The molecule has 5 heteroatoms. The second-order valence-corrected chi connectivity index (χ2v) is 3.12. The van der Waals surface area contributed by atoms with Crippen LogP contribution in [-0.2, 0) is 4.74 Å². The number of nitrogens with two attached hydrogens (primary N) is 1. The van der Waals surface area contributed by atoms with E-state index >= 15 is 0 Å². The Bertz CT molecular complexity index is 150. The van der Waals surface area contributed by atoms with Crippen molar-refractivity contribution in [2.24, 2.45) is 5.73 Å². The van der Waals surface area contributed by atoms with Crippen molar-refractivity contribution >= 4 is 0 Å². The van der Waals surface area contributed by atoms with Crippen LogP contribution < -0.4 is 5.73 Å². The zero-order valence-corrected chi connectivity index (χ0v) is 6.92. The van der Waals surface area contributed by atoms with Gasteiger partial charge in [0.05, 0.1) is 18.8 Å². The summed E-state index contributed by atoms with van der Waals surface area (Å²) < 4.78 is 5.15. The lowest BCUT2D eigenvalue weighted by Gasteiger charge is -2.39. The van der Waals surface area contributed by atoms with Gasteiger partial charge in [0.2, 0.25) is 0 Å². The van der Waals surface area contributed by atoms with Gasteiger partial charge in [-0.3, -0.25) is 0 Å². The van der Waals surface area contributed by atoms with E-state index in [2.05, 4.69) is 0 Å². The van der Waals surface area contributed by atoms with Gasteiger partial charge in [0.25, 0.3) is 0 Å². The van der Waals surface area contributed by atoms with Gasteiger partial charge in [-0.15, -0.1) is 0 Å². The molecule has 1 heterocycles. The molecular formula is C7H15NO4. The van der Waals surface area contributed by atoms with Gasteiger partial charge in [0.1, 0.15) is 18.3 Å². The minimum atomic E-state index is -1.10. The highest BCUT2D eigenvalue weighted by atomic mass is 16.5. The van der Waals surface area contributed by atoms with Crippen molar-refractivity contribution in [2.45, 2.75) is 37.4 Å². The van der Waals surface area contributed by atoms with E-state index in [0.29, 0.717) is 0 Å². The van der Waals surface area contributed by atoms with Crippen LogP contribution in [0.4, 0.5) is 0 Å². The van der Waals surface area contributed by atoms with Gasteiger partial charge in [-0.1, -0.05) is 0 Å². The summed E-state index contributed by atoms with van der Waals surface area (Å²) in [5.41, 5.74) is 5.51. The molecule has 3 unspecified atom stereocenters. The van der Waals surface area contributed by atoms with E-state index in [0.717, 1.165) is 0 Å². The van der Waals surface area contributed by atoms with E-state index in [-0.39, 0.29) is 12.7 Å². The number of ether oxygens (including phenoxy) is 1. The van der Waals surface area contributed by atoms with Crippen LogP contribution in [0, 0.1) is 0 Å². The van der Waals surface area contributed by atoms with E-state index in [4.69, 9.17) is 15.6 Å². The molecule has 1 aliphatic heterocycles. The maximum atomic E-state index is 9.35. The van der Waals surface area contributed by atoms with Crippen molar-refractivity contribution in [3.05, 3.63) is 0 Å². The second kappa shape index (κ2) is 3.68. The van der Waals surface area contributed by atoms with Crippen LogP contribution in [0.3, 0.4) is 0 Å². The smallest absolute Gasteiger partial charge is 0.110 e. The van der Waals surface area contributed by atoms with Gasteiger partial charge < -0.3 is 25.8 Å². The average molecular weight is 177 g/mol. The molecule has 0 saturated carbocycles. The summed E-state index contributed by atoms with van der Waals surface area (Å²) in [4.78, 5) is 0. The first kappa shape index (κ1) is 9.88. The Balaban J connectivity index is 2.63. The molecule has 0 aromatic rings. The molecule has 1 saturated heterocycles. The second-order valence-electron chi connectivity index (χ2n) is 3.12. The normalized spacial score (nSPS) is 49.2. The van der Waals surface area contributed by atoms with Gasteiger partial charge in [-0.2, -0.15) is 0 Å². The summed E-state index contributed by atoms with van der Waals surface area (Å²) in [6, 6.07) is -0.595. The van der Waals surface area contributed by atoms with Crippen LogP contribution in [0.25, 0.3) is 0 Å². The Morgan fingerprint density at radius 2 is 1.92 bits per heavy atom. The predicted octanol–water partition coefficient (Wildman–Crippen LogP) is -2.18. The van der Waals surface area contributed by atoms with E-state index in [9.17, 15) is 10.2 Å². The highest BCUT2D eigenvalue weighted by molar-refractivity contribution is 4.92. The Hall–Kier alpha value is -0.200. The Kier molecular flexibility index (Phi) is 3.03. The van der Waals surface area contributed by atoms with Crippen LogP contribution in [0.1, 0.15) is 6.92 Å². The molecule has 12 heavy (non-hydrogen) atoms. The molecule has 0 radical (unpaired) electrons. The Morgan fingerprint density at radius 1 is 1.33 bits per heavy atom. The van der Waals surface area contributed by atoms with Crippen LogP contribution >= 0.6 is 0 Å². The van der Waals surface area contributed by atoms with Gasteiger partial charge in [0.15, 0.2) is 0 Å². The molecule has 5 N–H and O–H groups in total. The fourth-order valence-electron chi connectivity index (χ4n) is 1.32. The van der Waals surface area contributed by atoms with Crippen molar-refractivity contribution in [1.82, 2.24) is 0 Å². The molecule has 1 fully saturated rings. The van der Waals surface area contributed by atoms with Gasteiger partial charge in [-0.25, -0.2) is 0 Å². The van der Waals surface area contributed by atoms with E-state index in [1.165, 1.54) is 0 Å². The molecule has 5 atom stereocenters. The average Bonchev–Trinajstić information content (AvgIpc) is 2.08. The maximum absolute atomic E-state index is 9.35. The van der Waals surface area contributed by atoms with Crippen molar-refractivity contribution in [3.8, 4) is 0 Å². The molecule has 0 aliphatic carbocycles. The number of hydrogen-bond acceptors (Lipinski definition) is 5. The third-order valence-corrected chi connectivity index (χ3v) is 2.24. The van der Waals surface area contributed by atoms with Crippen LogP contribution in [-0.4, -0.2) is 52.4 Å². The molecule has 0 amide bonds. The summed E-state index contributed by atoms with van der Waals surface area (Å²) in [6.07, 6.45) is -3.19. The van der Waals surface area contributed by atoms with E-state index < -0.39 is 24.4 Å². The predicted molar refractivity (Wildman–Crippen MR) is 41.4 cm³/mol. The van der Waals surface area contributed by atoms with Crippen LogP contribution in [0.2, 0.25) is 0 Å². The first-order valence-electron chi connectivity index (χ1n) is 3.96. The lowest BCUT2D eigenvalue weighted by Crippen LogP contribution is -2.60. The molecule has 5 nitrogen and oxygen atoms in total. The molecule has 72 valence electrons. The van der Waals surface area contributed by atoms with Gasteiger partial charge in [0, 0.05) is 0 Å². The maximum Gasteiger partial charge on any atom is 0.110 e. The zero-order chi connectivity index (χ0) is 9.30. The molecule has 1 rings (SSSR count). The highest BCUT2D eigenvalue weighted by Gasteiger charge is 2.40. The first-order valence-corrected chi connectivity index (χ1v) is 3.96. The number of rotatable bonds is 1. The fraction of sp³-hybridized carbons (Fsp3) is 1.00. The van der Waals surface area contributed by atoms with Crippen LogP contribution in [0.5, 0.6) is 0 Å². The van der Waals surface area contributed by atoms with Crippen molar-refractivity contribution < 1.29 is 20.1 Å². The lowest BCUT2D eigenvalue weighted by molar-refractivity contribution is -0.183. The molecule has 0 aromatic heterocycles. The summed E-state index contributed by atoms with van der Waals surface area (Å²) in [5, 5.41) is 27.4. The Morgan fingerprint density at radius 3 is 2.42 bits per heavy atom. The number of hydrogen-bond donors (Lipinski definition) is 4. The Labute approximate surface area is 70.8 Å². The SMILES string of the molecule is C[C@@H]1O[C@H](CO)C(O)C(O)C1N. The minimum Gasteiger partial charge on any atom is -0.394 e. The number of aliphatic hydroxyl groups is 3.